The van der Waals surface area contributed by atoms with Crippen molar-refractivity contribution in [1.82, 2.24) is 5.32 Å². The zero-order valence-electron chi connectivity index (χ0n) is 16.0. The Morgan fingerprint density at radius 1 is 1.19 bits per heavy atom. The predicted octanol–water partition coefficient (Wildman–Crippen LogP) is 4.02. The number of amides is 2. The molecular formula is C22H26N2O3. The minimum atomic E-state index is -0.658. The van der Waals surface area contributed by atoms with E-state index >= 15 is 0 Å². The van der Waals surface area contributed by atoms with Crippen LogP contribution in [0.15, 0.2) is 55.1 Å². The van der Waals surface area contributed by atoms with E-state index in [4.69, 9.17) is 4.74 Å². The van der Waals surface area contributed by atoms with Gasteiger partial charge in [-0.15, -0.1) is 6.58 Å². The first kappa shape index (κ1) is 20.2. The fourth-order valence-corrected chi connectivity index (χ4v) is 2.57. The second kappa shape index (κ2) is 9.57. The lowest BCUT2D eigenvalue weighted by Crippen LogP contribution is -2.33. The van der Waals surface area contributed by atoms with Gasteiger partial charge in [-0.3, -0.25) is 9.59 Å². The number of para-hydroxylation sites is 1. The number of nitrogens with one attached hydrogen (secondary N) is 2. The van der Waals surface area contributed by atoms with E-state index in [0.29, 0.717) is 30.0 Å². The Morgan fingerprint density at radius 2 is 1.93 bits per heavy atom. The molecule has 0 aliphatic carbocycles. The van der Waals surface area contributed by atoms with Crippen molar-refractivity contribution in [2.45, 2.75) is 33.3 Å². The normalized spacial score (nSPS) is 11.4. The summed E-state index contributed by atoms with van der Waals surface area (Å²) in [5.41, 5.74) is 2.88. The van der Waals surface area contributed by atoms with Gasteiger partial charge < -0.3 is 15.4 Å². The lowest BCUT2D eigenvalue weighted by atomic mass is 10.1. The van der Waals surface area contributed by atoms with Crippen LogP contribution in [-0.2, 0) is 4.79 Å². The molecule has 0 fully saturated rings. The standard InChI is InChI=1S/C22H26N2O3/c1-5-13-23-21(25)17-9-7-8-10-18(17)24-22(26)19(6-2)27-20-14-15(3)11-12-16(20)4/h5,7-12,14,19H,1,6,13H2,2-4H3,(H,23,25)(H,24,26)/t19-/m0/s1. The second-order valence-corrected chi connectivity index (χ2v) is 6.32. The number of anilines is 1. The molecule has 0 radical (unpaired) electrons. The lowest BCUT2D eigenvalue weighted by molar-refractivity contribution is -0.122. The summed E-state index contributed by atoms with van der Waals surface area (Å²) in [5.74, 6) is 0.130. The molecule has 142 valence electrons. The van der Waals surface area contributed by atoms with Gasteiger partial charge in [0.05, 0.1) is 11.3 Å². The Labute approximate surface area is 160 Å². The number of aryl methyl sites for hydroxylation is 2. The highest BCUT2D eigenvalue weighted by Crippen LogP contribution is 2.22. The molecule has 2 aromatic rings. The number of carbonyl (C=O) groups excluding carboxylic acids is 2. The smallest absolute Gasteiger partial charge is 0.265 e. The maximum absolute atomic E-state index is 12.7. The predicted molar refractivity (Wildman–Crippen MR) is 108 cm³/mol. The highest BCUT2D eigenvalue weighted by Gasteiger charge is 2.21. The Balaban J connectivity index is 2.16. The first-order valence-electron chi connectivity index (χ1n) is 8.99. The first-order valence-corrected chi connectivity index (χ1v) is 8.99. The van der Waals surface area contributed by atoms with Crippen LogP contribution < -0.4 is 15.4 Å². The molecule has 2 rings (SSSR count). The van der Waals surface area contributed by atoms with Crippen molar-refractivity contribution in [2.24, 2.45) is 0 Å². The van der Waals surface area contributed by atoms with Crippen LogP contribution in [0.2, 0.25) is 0 Å². The Hall–Kier alpha value is -3.08. The van der Waals surface area contributed by atoms with Gasteiger partial charge in [-0.2, -0.15) is 0 Å². The summed E-state index contributed by atoms with van der Waals surface area (Å²) in [5, 5.41) is 5.54. The SMILES string of the molecule is C=CCNC(=O)c1ccccc1NC(=O)[C@H](CC)Oc1cc(C)ccc1C. The number of ether oxygens (including phenoxy) is 1. The van der Waals surface area contributed by atoms with E-state index in [-0.39, 0.29) is 11.8 Å². The molecule has 27 heavy (non-hydrogen) atoms. The second-order valence-electron chi connectivity index (χ2n) is 6.32. The average molecular weight is 366 g/mol. The minimum absolute atomic E-state index is 0.269. The fourth-order valence-electron chi connectivity index (χ4n) is 2.57. The van der Waals surface area contributed by atoms with Gasteiger partial charge in [0.15, 0.2) is 6.10 Å². The number of carbonyl (C=O) groups is 2. The molecule has 0 heterocycles. The average Bonchev–Trinajstić information content (AvgIpc) is 2.67. The van der Waals surface area contributed by atoms with E-state index in [0.717, 1.165) is 11.1 Å². The van der Waals surface area contributed by atoms with Crippen molar-refractivity contribution in [2.75, 3.05) is 11.9 Å². The zero-order valence-corrected chi connectivity index (χ0v) is 16.0. The third kappa shape index (κ3) is 5.45. The highest BCUT2D eigenvalue weighted by molar-refractivity contribution is 6.04. The molecule has 0 spiro atoms. The van der Waals surface area contributed by atoms with Crippen molar-refractivity contribution in [3.8, 4) is 5.75 Å². The summed E-state index contributed by atoms with van der Waals surface area (Å²) < 4.78 is 5.95. The molecule has 2 aromatic carbocycles. The number of hydrogen-bond acceptors (Lipinski definition) is 3. The van der Waals surface area contributed by atoms with Crippen molar-refractivity contribution in [1.29, 1.82) is 0 Å². The van der Waals surface area contributed by atoms with Crippen LogP contribution >= 0.6 is 0 Å². The van der Waals surface area contributed by atoms with Crippen molar-refractivity contribution in [3.63, 3.8) is 0 Å². The largest absolute Gasteiger partial charge is 0.480 e. The van der Waals surface area contributed by atoms with Crippen LogP contribution in [0.25, 0.3) is 0 Å². The molecule has 2 amide bonds. The molecule has 5 nitrogen and oxygen atoms in total. The van der Waals surface area contributed by atoms with Crippen molar-refractivity contribution < 1.29 is 14.3 Å². The van der Waals surface area contributed by atoms with Gasteiger partial charge in [0.25, 0.3) is 11.8 Å². The minimum Gasteiger partial charge on any atom is -0.480 e. The van der Waals surface area contributed by atoms with Crippen LogP contribution in [-0.4, -0.2) is 24.5 Å². The lowest BCUT2D eigenvalue weighted by Gasteiger charge is -2.20. The molecule has 0 saturated heterocycles. The third-order valence-electron chi connectivity index (χ3n) is 4.11. The van der Waals surface area contributed by atoms with E-state index in [2.05, 4.69) is 17.2 Å². The van der Waals surface area contributed by atoms with Gasteiger partial charge in [-0.1, -0.05) is 37.3 Å². The van der Waals surface area contributed by atoms with Crippen LogP contribution in [0.5, 0.6) is 5.75 Å². The van der Waals surface area contributed by atoms with Crippen LogP contribution in [0, 0.1) is 13.8 Å². The summed E-state index contributed by atoms with van der Waals surface area (Å²) in [6.45, 7) is 9.75. The topological polar surface area (TPSA) is 67.4 Å². The summed E-state index contributed by atoms with van der Waals surface area (Å²) in [7, 11) is 0. The highest BCUT2D eigenvalue weighted by atomic mass is 16.5. The van der Waals surface area contributed by atoms with E-state index < -0.39 is 6.10 Å². The van der Waals surface area contributed by atoms with E-state index in [1.54, 1.807) is 30.3 Å². The molecule has 5 heteroatoms. The van der Waals surface area contributed by atoms with Gasteiger partial charge in [0.2, 0.25) is 0 Å². The quantitative estimate of drug-likeness (QED) is 0.694. The summed E-state index contributed by atoms with van der Waals surface area (Å²) in [4.78, 5) is 25.0. The Kier molecular flexibility index (Phi) is 7.17. The van der Waals surface area contributed by atoms with Gasteiger partial charge in [0, 0.05) is 6.54 Å². The van der Waals surface area contributed by atoms with Crippen LogP contribution in [0.3, 0.4) is 0 Å². The molecule has 0 bridgehead atoms. The van der Waals surface area contributed by atoms with E-state index in [1.165, 1.54) is 0 Å². The molecule has 1 atom stereocenters. The van der Waals surface area contributed by atoms with Gasteiger partial charge in [-0.25, -0.2) is 0 Å². The fraction of sp³-hybridized carbons (Fsp3) is 0.273. The summed E-state index contributed by atoms with van der Waals surface area (Å²) in [6.07, 6.45) is 1.45. The van der Waals surface area contributed by atoms with Gasteiger partial charge >= 0.3 is 0 Å². The Morgan fingerprint density at radius 3 is 2.63 bits per heavy atom. The van der Waals surface area contributed by atoms with E-state index in [1.807, 2.05) is 39.0 Å². The molecule has 0 aromatic heterocycles. The number of rotatable bonds is 8. The summed E-state index contributed by atoms with van der Waals surface area (Å²) >= 11 is 0. The summed E-state index contributed by atoms with van der Waals surface area (Å²) in [6, 6.07) is 12.8. The molecule has 0 aliphatic heterocycles. The molecule has 2 N–H and O–H groups in total. The van der Waals surface area contributed by atoms with Crippen molar-refractivity contribution in [3.05, 3.63) is 71.8 Å². The van der Waals surface area contributed by atoms with Crippen LogP contribution in [0.4, 0.5) is 5.69 Å². The van der Waals surface area contributed by atoms with Crippen molar-refractivity contribution >= 4 is 17.5 Å². The van der Waals surface area contributed by atoms with Crippen LogP contribution in [0.1, 0.15) is 34.8 Å². The van der Waals surface area contributed by atoms with Gasteiger partial charge in [-0.05, 0) is 49.6 Å². The van der Waals surface area contributed by atoms with E-state index in [9.17, 15) is 9.59 Å². The maximum Gasteiger partial charge on any atom is 0.265 e. The maximum atomic E-state index is 12.7. The first-order chi connectivity index (χ1) is 13.0. The molecule has 0 aliphatic rings. The molecule has 0 saturated carbocycles. The Bertz CT molecular complexity index is 830. The molecular weight excluding hydrogens is 340 g/mol. The molecule has 0 unspecified atom stereocenters. The zero-order chi connectivity index (χ0) is 19.8. The number of hydrogen-bond donors (Lipinski definition) is 2. The monoisotopic (exact) mass is 366 g/mol. The van der Waals surface area contributed by atoms with Gasteiger partial charge in [0.1, 0.15) is 5.75 Å². The number of benzene rings is 2. The third-order valence-corrected chi connectivity index (χ3v) is 4.11.